The van der Waals surface area contributed by atoms with E-state index in [1.807, 2.05) is 0 Å². The predicted octanol–water partition coefficient (Wildman–Crippen LogP) is 2.16. The van der Waals surface area contributed by atoms with Gasteiger partial charge in [0.15, 0.2) is 0 Å². The predicted molar refractivity (Wildman–Crippen MR) is 71.3 cm³/mol. The number of likely N-dealkylation sites (tertiary alicyclic amines) is 1. The minimum atomic E-state index is 0.0823. The Morgan fingerprint density at radius 1 is 1.44 bits per heavy atom. The molecular formula is C15H20N2O. The van der Waals surface area contributed by atoms with Gasteiger partial charge < -0.3 is 5.32 Å². The van der Waals surface area contributed by atoms with Crippen molar-refractivity contribution in [3.63, 3.8) is 0 Å². The summed E-state index contributed by atoms with van der Waals surface area (Å²) in [4.78, 5) is 14.1. The van der Waals surface area contributed by atoms with E-state index >= 15 is 0 Å². The molecule has 18 heavy (non-hydrogen) atoms. The molecule has 1 atom stereocenters. The van der Waals surface area contributed by atoms with Gasteiger partial charge in [-0.25, -0.2) is 0 Å². The van der Waals surface area contributed by atoms with Crippen molar-refractivity contribution in [2.45, 2.75) is 32.9 Å². The fraction of sp³-hybridized carbons (Fsp3) is 0.533. The van der Waals surface area contributed by atoms with Crippen molar-refractivity contribution in [3.05, 3.63) is 34.9 Å². The van der Waals surface area contributed by atoms with Gasteiger partial charge in [-0.3, -0.25) is 9.69 Å². The number of nitrogens with one attached hydrogen (secondary N) is 1. The third-order valence-corrected chi connectivity index (χ3v) is 4.01. The number of fused-ring (bicyclic) bond motifs is 1. The molecule has 1 aromatic rings. The first-order valence-electron chi connectivity index (χ1n) is 6.85. The SMILES string of the molecule is C[C@H]1CCCN(Cc2ccc3c(c2)C(=O)NC3)C1. The zero-order chi connectivity index (χ0) is 12.5. The number of carbonyl (C=O) groups excluding carboxylic acids is 1. The molecule has 1 aromatic carbocycles. The summed E-state index contributed by atoms with van der Waals surface area (Å²) < 4.78 is 0. The van der Waals surface area contributed by atoms with Crippen LogP contribution >= 0.6 is 0 Å². The molecule has 1 saturated heterocycles. The lowest BCUT2D eigenvalue weighted by Crippen LogP contribution is -2.33. The van der Waals surface area contributed by atoms with Gasteiger partial charge in [0.05, 0.1) is 0 Å². The summed E-state index contributed by atoms with van der Waals surface area (Å²) in [6, 6.07) is 6.32. The maximum atomic E-state index is 11.6. The second-order valence-electron chi connectivity index (χ2n) is 5.66. The number of benzene rings is 1. The van der Waals surface area contributed by atoms with Crippen molar-refractivity contribution in [1.29, 1.82) is 0 Å². The van der Waals surface area contributed by atoms with Crippen LogP contribution in [0.3, 0.4) is 0 Å². The topological polar surface area (TPSA) is 32.3 Å². The molecule has 3 rings (SSSR count). The van der Waals surface area contributed by atoms with Crippen molar-refractivity contribution in [3.8, 4) is 0 Å². The molecule has 0 aliphatic carbocycles. The van der Waals surface area contributed by atoms with Gasteiger partial charge in [0.25, 0.3) is 5.91 Å². The fourth-order valence-electron chi connectivity index (χ4n) is 3.05. The van der Waals surface area contributed by atoms with Gasteiger partial charge in [-0.15, -0.1) is 0 Å². The lowest BCUT2D eigenvalue weighted by atomic mass is 9.99. The van der Waals surface area contributed by atoms with Gasteiger partial charge in [-0.2, -0.15) is 0 Å². The summed E-state index contributed by atoms with van der Waals surface area (Å²) >= 11 is 0. The smallest absolute Gasteiger partial charge is 0.251 e. The van der Waals surface area contributed by atoms with E-state index in [2.05, 4.69) is 35.3 Å². The van der Waals surface area contributed by atoms with E-state index in [1.54, 1.807) is 0 Å². The Balaban J connectivity index is 1.73. The lowest BCUT2D eigenvalue weighted by molar-refractivity contribution is 0.0965. The molecule has 1 amide bonds. The van der Waals surface area contributed by atoms with Gasteiger partial charge in [-0.05, 0) is 42.5 Å². The van der Waals surface area contributed by atoms with E-state index in [0.717, 1.165) is 23.6 Å². The minimum absolute atomic E-state index is 0.0823. The quantitative estimate of drug-likeness (QED) is 0.864. The summed E-state index contributed by atoms with van der Waals surface area (Å²) in [5.74, 6) is 0.885. The number of carbonyl (C=O) groups is 1. The van der Waals surface area contributed by atoms with Crippen LogP contribution in [-0.2, 0) is 13.1 Å². The maximum Gasteiger partial charge on any atom is 0.251 e. The van der Waals surface area contributed by atoms with Crippen LogP contribution in [0.4, 0.5) is 0 Å². The Morgan fingerprint density at radius 2 is 2.33 bits per heavy atom. The molecule has 2 aliphatic heterocycles. The zero-order valence-electron chi connectivity index (χ0n) is 10.9. The molecule has 0 aromatic heterocycles. The number of hydrogen-bond donors (Lipinski definition) is 1. The van der Waals surface area contributed by atoms with E-state index in [9.17, 15) is 4.79 Å². The Bertz CT molecular complexity index is 470. The Morgan fingerprint density at radius 3 is 3.17 bits per heavy atom. The highest BCUT2D eigenvalue weighted by atomic mass is 16.1. The van der Waals surface area contributed by atoms with Crippen LogP contribution in [0.5, 0.6) is 0 Å². The van der Waals surface area contributed by atoms with Crippen molar-refractivity contribution in [2.24, 2.45) is 5.92 Å². The zero-order valence-corrected chi connectivity index (χ0v) is 10.9. The van der Waals surface area contributed by atoms with Gasteiger partial charge >= 0.3 is 0 Å². The molecule has 0 saturated carbocycles. The van der Waals surface area contributed by atoms with Crippen LogP contribution in [0.15, 0.2) is 18.2 Å². The second kappa shape index (κ2) is 4.73. The van der Waals surface area contributed by atoms with E-state index in [4.69, 9.17) is 0 Å². The molecule has 2 aliphatic rings. The summed E-state index contributed by atoms with van der Waals surface area (Å²) in [5, 5.41) is 2.87. The second-order valence-corrected chi connectivity index (χ2v) is 5.66. The molecule has 3 nitrogen and oxygen atoms in total. The van der Waals surface area contributed by atoms with Crippen LogP contribution < -0.4 is 5.32 Å². The first-order valence-corrected chi connectivity index (χ1v) is 6.85. The largest absolute Gasteiger partial charge is 0.348 e. The highest BCUT2D eigenvalue weighted by Gasteiger charge is 2.20. The number of nitrogens with zero attached hydrogens (tertiary/aromatic N) is 1. The van der Waals surface area contributed by atoms with Crippen LogP contribution in [0.25, 0.3) is 0 Å². The molecular weight excluding hydrogens is 224 g/mol. The average Bonchev–Trinajstić information content (AvgIpc) is 2.71. The molecule has 0 bridgehead atoms. The lowest BCUT2D eigenvalue weighted by Gasteiger charge is -2.30. The highest BCUT2D eigenvalue weighted by molar-refractivity contribution is 5.98. The Hall–Kier alpha value is -1.35. The normalized spacial score (nSPS) is 23.8. The average molecular weight is 244 g/mol. The number of rotatable bonds is 2. The third-order valence-electron chi connectivity index (χ3n) is 4.01. The van der Waals surface area contributed by atoms with E-state index < -0.39 is 0 Å². The molecule has 0 spiro atoms. The van der Waals surface area contributed by atoms with Gasteiger partial charge in [0, 0.05) is 25.2 Å². The molecule has 1 N–H and O–H groups in total. The van der Waals surface area contributed by atoms with Crippen molar-refractivity contribution < 1.29 is 4.79 Å². The monoisotopic (exact) mass is 244 g/mol. The van der Waals surface area contributed by atoms with E-state index in [0.29, 0.717) is 6.54 Å². The standard InChI is InChI=1S/C15H20N2O/c1-11-3-2-6-17(9-11)10-12-4-5-13-8-16-15(18)14(13)7-12/h4-5,7,11H,2-3,6,8-10H2,1H3,(H,16,18)/t11-/m0/s1. The number of amides is 1. The van der Waals surface area contributed by atoms with Crippen LogP contribution in [0.2, 0.25) is 0 Å². The van der Waals surface area contributed by atoms with E-state index in [-0.39, 0.29) is 5.91 Å². The Kier molecular flexibility index (Phi) is 3.08. The molecule has 96 valence electrons. The third kappa shape index (κ3) is 2.27. The summed E-state index contributed by atoms with van der Waals surface area (Å²) in [5.41, 5.74) is 3.27. The van der Waals surface area contributed by atoms with Crippen molar-refractivity contribution in [1.82, 2.24) is 10.2 Å². The van der Waals surface area contributed by atoms with E-state index in [1.165, 1.54) is 31.5 Å². The maximum absolute atomic E-state index is 11.6. The molecule has 0 radical (unpaired) electrons. The fourth-order valence-corrected chi connectivity index (χ4v) is 3.05. The summed E-state index contributed by atoms with van der Waals surface area (Å²) in [7, 11) is 0. The highest BCUT2D eigenvalue weighted by Crippen LogP contribution is 2.21. The van der Waals surface area contributed by atoms with Gasteiger partial charge in [0.1, 0.15) is 0 Å². The summed E-state index contributed by atoms with van der Waals surface area (Å²) in [6.45, 7) is 6.36. The Labute approximate surface area is 108 Å². The summed E-state index contributed by atoms with van der Waals surface area (Å²) in [6.07, 6.45) is 2.65. The van der Waals surface area contributed by atoms with Crippen LogP contribution in [0.1, 0.15) is 41.3 Å². The van der Waals surface area contributed by atoms with Crippen LogP contribution in [-0.4, -0.2) is 23.9 Å². The number of piperidine rings is 1. The minimum Gasteiger partial charge on any atom is -0.348 e. The molecule has 3 heteroatoms. The first kappa shape index (κ1) is 11.7. The molecule has 1 fully saturated rings. The van der Waals surface area contributed by atoms with Crippen LogP contribution in [0, 0.1) is 5.92 Å². The number of hydrogen-bond acceptors (Lipinski definition) is 2. The van der Waals surface area contributed by atoms with Gasteiger partial charge in [-0.1, -0.05) is 19.1 Å². The molecule has 2 heterocycles. The molecule has 0 unspecified atom stereocenters. The van der Waals surface area contributed by atoms with Gasteiger partial charge in [0.2, 0.25) is 0 Å². The van der Waals surface area contributed by atoms with Crippen molar-refractivity contribution in [2.75, 3.05) is 13.1 Å². The first-order chi connectivity index (χ1) is 8.72. The van der Waals surface area contributed by atoms with Crippen molar-refractivity contribution >= 4 is 5.91 Å².